The van der Waals surface area contributed by atoms with Crippen LogP contribution in [0.1, 0.15) is 20.8 Å². The van der Waals surface area contributed by atoms with Crippen molar-refractivity contribution in [2.45, 2.75) is 32.6 Å². The molecule has 44 valence electrons. The van der Waals surface area contributed by atoms with Crippen LogP contribution in [0.4, 0.5) is 8.78 Å². The zero-order chi connectivity index (χ0) is 6.08. The third-order valence-corrected chi connectivity index (χ3v) is 0.946. The van der Waals surface area contributed by atoms with E-state index in [1.54, 1.807) is 0 Å². The summed E-state index contributed by atoms with van der Waals surface area (Å²) in [6.45, 7) is 3.65. The second kappa shape index (κ2) is 1.76. The molecule has 0 bridgehead atoms. The van der Waals surface area contributed by atoms with E-state index in [0.29, 0.717) is 0 Å². The van der Waals surface area contributed by atoms with Gasteiger partial charge in [0.25, 0.3) is 0 Å². The fourth-order valence-corrected chi connectivity index (χ4v) is 0. The van der Waals surface area contributed by atoms with Crippen LogP contribution in [0.5, 0.6) is 0 Å². The highest BCUT2D eigenvalue weighted by Gasteiger charge is 2.23. The Balaban J connectivity index is 3.54. The van der Waals surface area contributed by atoms with Crippen LogP contribution in [0.15, 0.2) is 0 Å². The zero-order valence-electron chi connectivity index (χ0n) is 4.83. The Morgan fingerprint density at radius 2 is 1.57 bits per heavy atom. The molecule has 0 aromatic heterocycles. The summed E-state index contributed by atoms with van der Waals surface area (Å²) in [5, 5.41) is 0. The lowest BCUT2D eigenvalue weighted by Crippen LogP contribution is -2.23. The Bertz CT molecular complexity index is 51.6. The molecule has 7 heavy (non-hydrogen) atoms. The standard InChI is InChI=1S/C5H10F2/c1-4(6)5(2,3)7/h4H,1-3H3/t4-/m1/s1. The first kappa shape index (κ1) is 6.86. The van der Waals surface area contributed by atoms with Gasteiger partial charge in [-0.05, 0) is 20.8 Å². The molecule has 0 nitrogen and oxygen atoms in total. The summed E-state index contributed by atoms with van der Waals surface area (Å²) in [6.07, 6.45) is -1.37. The van der Waals surface area contributed by atoms with Crippen LogP contribution in [0.3, 0.4) is 0 Å². The van der Waals surface area contributed by atoms with Gasteiger partial charge in [-0.2, -0.15) is 0 Å². The van der Waals surface area contributed by atoms with E-state index in [9.17, 15) is 8.78 Å². The van der Waals surface area contributed by atoms with Gasteiger partial charge in [-0.3, -0.25) is 0 Å². The Kier molecular flexibility index (Phi) is 1.73. The predicted molar refractivity (Wildman–Crippen MR) is 25.8 cm³/mol. The predicted octanol–water partition coefficient (Wildman–Crippen LogP) is 2.09. The van der Waals surface area contributed by atoms with Crippen LogP contribution >= 0.6 is 0 Å². The van der Waals surface area contributed by atoms with E-state index in [-0.39, 0.29) is 0 Å². The van der Waals surface area contributed by atoms with Crippen LogP contribution in [-0.4, -0.2) is 11.8 Å². The SMILES string of the molecule is C[C@@H](F)C(C)(C)F. The molecule has 0 saturated carbocycles. The van der Waals surface area contributed by atoms with Gasteiger partial charge in [0, 0.05) is 0 Å². The Hall–Kier alpha value is -0.140. The van der Waals surface area contributed by atoms with Crippen molar-refractivity contribution >= 4 is 0 Å². The topological polar surface area (TPSA) is 0 Å². The highest BCUT2D eigenvalue weighted by molar-refractivity contribution is 4.71. The first-order valence-electron chi connectivity index (χ1n) is 2.27. The molecule has 0 fully saturated rings. The van der Waals surface area contributed by atoms with E-state index in [0.717, 1.165) is 0 Å². The van der Waals surface area contributed by atoms with Gasteiger partial charge in [0.1, 0.15) is 11.8 Å². The lowest BCUT2D eigenvalue weighted by Gasteiger charge is -2.13. The number of rotatable bonds is 1. The minimum absolute atomic E-state index is 1.21. The molecule has 2 heteroatoms. The van der Waals surface area contributed by atoms with Crippen LogP contribution in [0.2, 0.25) is 0 Å². The summed E-state index contributed by atoms with van der Waals surface area (Å²) in [5.74, 6) is 0. The monoisotopic (exact) mass is 108 g/mol. The highest BCUT2D eigenvalue weighted by Crippen LogP contribution is 2.15. The fraction of sp³-hybridized carbons (Fsp3) is 1.00. The van der Waals surface area contributed by atoms with Crippen molar-refractivity contribution in [2.24, 2.45) is 0 Å². The third-order valence-electron chi connectivity index (χ3n) is 0.946. The normalized spacial score (nSPS) is 16.7. The Morgan fingerprint density at radius 1 is 1.43 bits per heavy atom. The first-order valence-corrected chi connectivity index (χ1v) is 2.27. The summed E-state index contributed by atoms with van der Waals surface area (Å²) in [5.41, 5.74) is -1.67. The quantitative estimate of drug-likeness (QED) is 0.482. The summed E-state index contributed by atoms with van der Waals surface area (Å²) >= 11 is 0. The van der Waals surface area contributed by atoms with Gasteiger partial charge < -0.3 is 0 Å². The lowest BCUT2D eigenvalue weighted by molar-refractivity contribution is 0.0980. The maximum atomic E-state index is 12.1. The number of halogens is 2. The molecule has 0 N–H and O–H groups in total. The van der Waals surface area contributed by atoms with Gasteiger partial charge in [-0.1, -0.05) is 0 Å². The van der Waals surface area contributed by atoms with Crippen molar-refractivity contribution in [3.63, 3.8) is 0 Å². The van der Waals surface area contributed by atoms with E-state index >= 15 is 0 Å². The number of hydrogen-bond acceptors (Lipinski definition) is 0. The van der Waals surface area contributed by atoms with Gasteiger partial charge in [0.15, 0.2) is 0 Å². The van der Waals surface area contributed by atoms with Gasteiger partial charge in [0.2, 0.25) is 0 Å². The molecular weight excluding hydrogens is 98.1 g/mol. The summed E-state index contributed by atoms with van der Waals surface area (Å²) in [4.78, 5) is 0. The molecule has 0 heterocycles. The maximum Gasteiger partial charge on any atom is 0.136 e. The van der Waals surface area contributed by atoms with Crippen molar-refractivity contribution in [2.75, 3.05) is 0 Å². The smallest absolute Gasteiger partial charge is 0.136 e. The maximum absolute atomic E-state index is 12.1. The van der Waals surface area contributed by atoms with Crippen molar-refractivity contribution < 1.29 is 8.78 Å². The molecule has 0 rings (SSSR count). The van der Waals surface area contributed by atoms with Crippen molar-refractivity contribution in [3.8, 4) is 0 Å². The van der Waals surface area contributed by atoms with E-state index in [1.807, 2.05) is 0 Å². The van der Waals surface area contributed by atoms with E-state index < -0.39 is 11.8 Å². The minimum Gasteiger partial charge on any atom is -0.244 e. The number of alkyl halides is 2. The third kappa shape index (κ3) is 2.54. The van der Waals surface area contributed by atoms with Gasteiger partial charge in [-0.25, -0.2) is 8.78 Å². The average Bonchev–Trinajstić information content (AvgIpc) is 1.31. The summed E-state index contributed by atoms with van der Waals surface area (Å²) in [6, 6.07) is 0. The van der Waals surface area contributed by atoms with E-state index in [2.05, 4.69) is 0 Å². The molecule has 0 aromatic rings. The lowest BCUT2D eigenvalue weighted by atomic mass is 10.1. The minimum atomic E-state index is -1.67. The molecule has 0 saturated heterocycles. The summed E-state index contributed by atoms with van der Waals surface area (Å²) < 4.78 is 24.0. The molecule has 0 radical (unpaired) electrons. The van der Waals surface area contributed by atoms with Crippen LogP contribution in [0.25, 0.3) is 0 Å². The molecule has 0 unspecified atom stereocenters. The van der Waals surface area contributed by atoms with Gasteiger partial charge >= 0.3 is 0 Å². The molecule has 0 aliphatic heterocycles. The molecule has 0 aliphatic carbocycles. The van der Waals surface area contributed by atoms with Crippen molar-refractivity contribution in [1.82, 2.24) is 0 Å². The summed E-state index contributed by atoms with van der Waals surface area (Å²) in [7, 11) is 0. The first-order chi connectivity index (χ1) is 2.94. The molecule has 0 aromatic carbocycles. The van der Waals surface area contributed by atoms with E-state index in [1.165, 1.54) is 20.8 Å². The second-order valence-electron chi connectivity index (χ2n) is 2.18. The highest BCUT2D eigenvalue weighted by atomic mass is 19.2. The van der Waals surface area contributed by atoms with Crippen LogP contribution in [-0.2, 0) is 0 Å². The Labute approximate surface area is 42.5 Å². The van der Waals surface area contributed by atoms with Crippen LogP contribution in [0, 0.1) is 0 Å². The van der Waals surface area contributed by atoms with Crippen LogP contribution < -0.4 is 0 Å². The van der Waals surface area contributed by atoms with Crippen molar-refractivity contribution in [1.29, 1.82) is 0 Å². The number of hydrogen-bond donors (Lipinski definition) is 0. The van der Waals surface area contributed by atoms with E-state index in [4.69, 9.17) is 0 Å². The molecule has 0 aliphatic rings. The Morgan fingerprint density at radius 3 is 1.57 bits per heavy atom. The second-order valence-corrected chi connectivity index (χ2v) is 2.18. The molecular formula is C5H10F2. The average molecular weight is 108 g/mol. The zero-order valence-corrected chi connectivity index (χ0v) is 4.83. The molecule has 0 amide bonds. The molecule has 0 spiro atoms. The van der Waals surface area contributed by atoms with Gasteiger partial charge in [-0.15, -0.1) is 0 Å². The molecule has 1 atom stereocenters. The van der Waals surface area contributed by atoms with Crippen molar-refractivity contribution in [3.05, 3.63) is 0 Å². The fourth-order valence-electron chi connectivity index (χ4n) is 0. The van der Waals surface area contributed by atoms with Gasteiger partial charge in [0.05, 0.1) is 0 Å². The largest absolute Gasteiger partial charge is 0.244 e.